The van der Waals surface area contributed by atoms with E-state index in [9.17, 15) is 9.59 Å². The van der Waals surface area contributed by atoms with Crippen LogP contribution in [0.25, 0.3) is 0 Å². The lowest BCUT2D eigenvalue weighted by Crippen LogP contribution is -2.37. The van der Waals surface area contributed by atoms with E-state index in [1.165, 1.54) is 0 Å². The van der Waals surface area contributed by atoms with E-state index >= 15 is 0 Å². The van der Waals surface area contributed by atoms with Gasteiger partial charge in [-0.25, -0.2) is 0 Å². The van der Waals surface area contributed by atoms with Gasteiger partial charge in [0, 0.05) is 18.2 Å². The van der Waals surface area contributed by atoms with Gasteiger partial charge >= 0.3 is 0 Å². The Morgan fingerprint density at radius 1 is 1.53 bits per heavy atom. The van der Waals surface area contributed by atoms with Gasteiger partial charge in [0.2, 0.25) is 11.8 Å². The van der Waals surface area contributed by atoms with Crippen LogP contribution in [0, 0.1) is 0 Å². The molecule has 1 heterocycles. The summed E-state index contributed by atoms with van der Waals surface area (Å²) in [5, 5.41) is 5.37. The Balaban J connectivity index is 2.00. The summed E-state index contributed by atoms with van der Waals surface area (Å²) in [7, 11) is 1.57. The average Bonchev–Trinajstić information content (AvgIpc) is 2.76. The predicted molar refractivity (Wildman–Crippen MR) is 62.8 cm³/mol. The lowest BCUT2D eigenvalue weighted by Gasteiger charge is -2.11. The van der Waals surface area contributed by atoms with Crippen LogP contribution in [-0.4, -0.2) is 25.0 Å². The van der Waals surface area contributed by atoms with Crippen molar-refractivity contribution in [1.82, 2.24) is 5.32 Å². The summed E-state index contributed by atoms with van der Waals surface area (Å²) < 4.78 is 5.06. The van der Waals surface area contributed by atoms with Crippen LogP contribution in [0.5, 0.6) is 5.75 Å². The molecule has 1 aliphatic heterocycles. The van der Waals surface area contributed by atoms with Crippen molar-refractivity contribution < 1.29 is 14.3 Å². The number of hydrogen-bond donors (Lipinski definition) is 2. The Bertz CT molecular complexity index is 445. The molecule has 1 aliphatic rings. The third-order valence-electron chi connectivity index (χ3n) is 2.65. The van der Waals surface area contributed by atoms with Gasteiger partial charge in [-0.1, -0.05) is 6.07 Å². The topological polar surface area (TPSA) is 67.4 Å². The predicted octanol–water partition coefficient (Wildman–Crippen LogP) is 0.912. The van der Waals surface area contributed by atoms with E-state index in [0.717, 1.165) is 0 Å². The van der Waals surface area contributed by atoms with Crippen LogP contribution < -0.4 is 15.4 Å². The SMILES string of the molecule is COc1cccc(NC(=O)[C@H]2CCC(=O)N2)c1. The minimum Gasteiger partial charge on any atom is -0.497 e. The van der Waals surface area contributed by atoms with Crippen molar-refractivity contribution in [2.45, 2.75) is 18.9 Å². The molecule has 0 spiro atoms. The molecule has 0 unspecified atom stereocenters. The Morgan fingerprint density at radius 3 is 3.00 bits per heavy atom. The molecule has 1 saturated heterocycles. The molecule has 0 saturated carbocycles. The molecule has 17 heavy (non-hydrogen) atoms. The zero-order chi connectivity index (χ0) is 12.3. The van der Waals surface area contributed by atoms with E-state index in [1.54, 1.807) is 31.4 Å². The number of amides is 2. The van der Waals surface area contributed by atoms with Crippen molar-refractivity contribution in [3.63, 3.8) is 0 Å². The second-order valence-corrected chi connectivity index (χ2v) is 3.88. The van der Waals surface area contributed by atoms with E-state index in [1.807, 2.05) is 0 Å². The first-order chi connectivity index (χ1) is 8.19. The molecule has 90 valence electrons. The van der Waals surface area contributed by atoms with E-state index in [4.69, 9.17) is 4.74 Å². The maximum Gasteiger partial charge on any atom is 0.246 e. The van der Waals surface area contributed by atoms with Gasteiger partial charge in [-0.2, -0.15) is 0 Å². The molecule has 1 aromatic carbocycles. The van der Waals surface area contributed by atoms with E-state index in [-0.39, 0.29) is 11.8 Å². The number of hydrogen-bond acceptors (Lipinski definition) is 3. The number of carbonyl (C=O) groups is 2. The van der Waals surface area contributed by atoms with Crippen molar-refractivity contribution in [1.29, 1.82) is 0 Å². The summed E-state index contributed by atoms with van der Waals surface area (Å²) in [6.45, 7) is 0. The Hall–Kier alpha value is -2.04. The molecule has 1 aromatic rings. The normalized spacial score (nSPS) is 18.6. The third kappa shape index (κ3) is 2.75. The van der Waals surface area contributed by atoms with Crippen molar-refractivity contribution >= 4 is 17.5 Å². The standard InChI is InChI=1S/C12H14N2O3/c1-17-9-4-2-3-8(7-9)13-12(16)10-5-6-11(15)14-10/h2-4,7,10H,5-6H2,1H3,(H,13,16)(H,14,15)/t10-/m1/s1. The second kappa shape index (κ2) is 4.86. The highest BCUT2D eigenvalue weighted by atomic mass is 16.5. The van der Waals surface area contributed by atoms with Gasteiger partial charge < -0.3 is 15.4 Å². The third-order valence-corrected chi connectivity index (χ3v) is 2.65. The quantitative estimate of drug-likeness (QED) is 0.817. The Kier molecular flexibility index (Phi) is 3.27. The molecule has 0 aliphatic carbocycles. The molecule has 5 heteroatoms. The monoisotopic (exact) mass is 234 g/mol. The number of methoxy groups -OCH3 is 1. The first kappa shape index (κ1) is 11.4. The molecule has 0 bridgehead atoms. The van der Waals surface area contributed by atoms with Crippen LogP contribution >= 0.6 is 0 Å². The highest BCUT2D eigenvalue weighted by Gasteiger charge is 2.27. The summed E-state index contributed by atoms with van der Waals surface area (Å²) in [6, 6.07) is 6.68. The Labute approximate surface area is 99.2 Å². The molecule has 1 atom stereocenters. The summed E-state index contributed by atoms with van der Waals surface area (Å²) in [5.74, 6) is 0.415. The van der Waals surface area contributed by atoms with Gasteiger partial charge in [0.15, 0.2) is 0 Å². The van der Waals surface area contributed by atoms with Crippen LogP contribution in [0.15, 0.2) is 24.3 Å². The molecular formula is C12H14N2O3. The van der Waals surface area contributed by atoms with Crippen molar-refractivity contribution in [3.8, 4) is 5.75 Å². The molecule has 2 N–H and O–H groups in total. The molecule has 2 rings (SSSR count). The second-order valence-electron chi connectivity index (χ2n) is 3.88. The number of anilines is 1. The van der Waals surface area contributed by atoms with Gasteiger partial charge in [0.25, 0.3) is 0 Å². The minimum absolute atomic E-state index is 0.0733. The lowest BCUT2D eigenvalue weighted by molar-refractivity contribution is -0.122. The average molecular weight is 234 g/mol. The number of ether oxygens (including phenoxy) is 1. The smallest absolute Gasteiger partial charge is 0.246 e. The largest absolute Gasteiger partial charge is 0.497 e. The van der Waals surface area contributed by atoms with Crippen LogP contribution in [-0.2, 0) is 9.59 Å². The number of rotatable bonds is 3. The maximum atomic E-state index is 11.8. The summed E-state index contributed by atoms with van der Waals surface area (Å²) >= 11 is 0. The molecular weight excluding hydrogens is 220 g/mol. The zero-order valence-corrected chi connectivity index (χ0v) is 9.53. The van der Waals surface area contributed by atoms with Crippen molar-refractivity contribution in [3.05, 3.63) is 24.3 Å². The van der Waals surface area contributed by atoms with Crippen LogP contribution in [0.4, 0.5) is 5.69 Å². The summed E-state index contributed by atoms with van der Waals surface area (Å²) in [5.41, 5.74) is 0.662. The Morgan fingerprint density at radius 2 is 2.35 bits per heavy atom. The molecule has 2 amide bonds. The van der Waals surface area contributed by atoms with Crippen LogP contribution in [0.2, 0.25) is 0 Å². The lowest BCUT2D eigenvalue weighted by atomic mass is 10.2. The summed E-state index contributed by atoms with van der Waals surface area (Å²) in [4.78, 5) is 22.8. The maximum absolute atomic E-state index is 11.8. The van der Waals surface area contributed by atoms with Gasteiger partial charge in [-0.15, -0.1) is 0 Å². The fourth-order valence-electron chi connectivity index (χ4n) is 1.74. The van der Waals surface area contributed by atoms with Gasteiger partial charge in [-0.05, 0) is 18.6 Å². The van der Waals surface area contributed by atoms with Crippen LogP contribution in [0.1, 0.15) is 12.8 Å². The highest BCUT2D eigenvalue weighted by Crippen LogP contribution is 2.17. The van der Waals surface area contributed by atoms with E-state index in [2.05, 4.69) is 10.6 Å². The summed E-state index contributed by atoms with van der Waals surface area (Å²) in [6.07, 6.45) is 0.963. The van der Waals surface area contributed by atoms with Crippen LogP contribution in [0.3, 0.4) is 0 Å². The first-order valence-corrected chi connectivity index (χ1v) is 5.43. The molecule has 0 aromatic heterocycles. The number of benzene rings is 1. The zero-order valence-electron chi connectivity index (χ0n) is 9.53. The highest BCUT2D eigenvalue weighted by molar-refractivity contribution is 5.99. The van der Waals surface area contributed by atoms with E-state index in [0.29, 0.717) is 24.3 Å². The van der Waals surface area contributed by atoms with E-state index < -0.39 is 6.04 Å². The van der Waals surface area contributed by atoms with Gasteiger partial charge in [0.1, 0.15) is 11.8 Å². The first-order valence-electron chi connectivity index (χ1n) is 5.43. The van der Waals surface area contributed by atoms with Gasteiger partial charge in [-0.3, -0.25) is 9.59 Å². The fourth-order valence-corrected chi connectivity index (χ4v) is 1.74. The molecule has 1 fully saturated rings. The molecule has 5 nitrogen and oxygen atoms in total. The van der Waals surface area contributed by atoms with Crippen molar-refractivity contribution in [2.24, 2.45) is 0 Å². The number of carbonyl (C=O) groups excluding carboxylic acids is 2. The minimum atomic E-state index is -0.422. The number of nitrogens with one attached hydrogen (secondary N) is 2. The van der Waals surface area contributed by atoms with Gasteiger partial charge in [0.05, 0.1) is 7.11 Å². The fraction of sp³-hybridized carbons (Fsp3) is 0.333. The molecule has 0 radical (unpaired) electrons. The van der Waals surface area contributed by atoms with Crippen molar-refractivity contribution in [2.75, 3.05) is 12.4 Å².